The van der Waals surface area contributed by atoms with Crippen molar-refractivity contribution >= 4 is 5.97 Å². The monoisotopic (exact) mass is 168 g/mol. The predicted octanol–water partition coefficient (Wildman–Crippen LogP) is 1.70. The van der Waals surface area contributed by atoms with Gasteiger partial charge in [-0.25, -0.2) is 9.18 Å². The van der Waals surface area contributed by atoms with Gasteiger partial charge < -0.3 is 4.74 Å². The van der Waals surface area contributed by atoms with E-state index in [1.54, 1.807) is 0 Å². The Morgan fingerprint density at radius 1 is 1.33 bits per heavy atom. The van der Waals surface area contributed by atoms with Crippen LogP contribution in [0.25, 0.3) is 0 Å². The molecule has 0 aliphatic carbocycles. The summed E-state index contributed by atoms with van der Waals surface area (Å²) < 4.78 is 16.2. The van der Waals surface area contributed by atoms with Crippen LogP contribution < -0.4 is 0 Å². The quantitative estimate of drug-likeness (QED) is 0.642. The molecular weight excluding hydrogens is 159 g/mol. The van der Waals surface area contributed by atoms with E-state index in [1.807, 2.05) is 30.3 Å². The second kappa shape index (κ2) is 4.49. The zero-order valence-corrected chi connectivity index (χ0v) is 6.50. The summed E-state index contributed by atoms with van der Waals surface area (Å²) in [5, 5.41) is 0. The molecular formula is C9H9FO2. The van der Waals surface area contributed by atoms with Crippen molar-refractivity contribution in [3.05, 3.63) is 35.9 Å². The van der Waals surface area contributed by atoms with Gasteiger partial charge in [-0.2, -0.15) is 0 Å². The van der Waals surface area contributed by atoms with Gasteiger partial charge >= 0.3 is 5.97 Å². The van der Waals surface area contributed by atoms with Crippen LogP contribution in [0.3, 0.4) is 0 Å². The lowest BCUT2D eigenvalue weighted by atomic mass is 10.2. The average molecular weight is 168 g/mol. The highest BCUT2D eigenvalue weighted by Crippen LogP contribution is 2.00. The van der Waals surface area contributed by atoms with Gasteiger partial charge in [0.2, 0.25) is 0 Å². The molecule has 12 heavy (non-hydrogen) atoms. The van der Waals surface area contributed by atoms with Gasteiger partial charge in [0.15, 0.2) is 6.67 Å². The molecule has 0 bridgehead atoms. The Morgan fingerprint density at radius 2 is 2.00 bits per heavy atom. The van der Waals surface area contributed by atoms with Crippen LogP contribution in [0.4, 0.5) is 4.39 Å². The van der Waals surface area contributed by atoms with E-state index in [0.717, 1.165) is 5.56 Å². The zero-order chi connectivity index (χ0) is 8.81. The summed E-state index contributed by atoms with van der Waals surface area (Å²) in [5.41, 5.74) is 0.860. The van der Waals surface area contributed by atoms with Crippen molar-refractivity contribution in [3.63, 3.8) is 0 Å². The molecule has 0 atom stereocenters. The van der Waals surface area contributed by atoms with Gasteiger partial charge in [-0.3, -0.25) is 0 Å². The molecule has 1 rings (SSSR count). The third-order valence-corrected chi connectivity index (χ3v) is 1.35. The fourth-order valence-electron chi connectivity index (χ4n) is 0.777. The number of hydrogen-bond acceptors (Lipinski definition) is 2. The number of hydrogen-bond donors (Lipinski definition) is 0. The molecule has 0 radical (unpaired) electrons. The lowest BCUT2D eigenvalue weighted by Crippen LogP contribution is -2.05. The Morgan fingerprint density at radius 3 is 2.58 bits per heavy atom. The van der Waals surface area contributed by atoms with E-state index in [0.29, 0.717) is 0 Å². The molecule has 3 heteroatoms. The van der Waals surface area contributed by atoms with Crippen molar-refractivity contribution in [2.75, 3.05) is 6.67 Å². The van der Waals surface area contributed by atoms with Crippen molar-refractivity contribution in [3.8, 4) is 0 Å². The van der Waals surface area contributed by atoms with Crippen LogP contribution in [-0.2, 0) is 16.1 Å². The summed E-state index contributed by atoms with van der Waals surface area (Å²) in [6.45, 7) is -0.920. The number of esters is 1. The van der Waals surface area contributed by atoms with Crippen LogP contribution in [0.2, 0.25) is 0 Å². The molecule has 2 nitrogen and oxygen atoms in total. The van der Waals surface area contributed by atoms with Gasteiger partial charge in [0.05, 0.1) is 0 Å². The molecule has 0 aliphatic heterocycles. The molecule has 0 unspecified atom stereocenters. The molecule has 1 aromatic carbocycles. The molecule has 0 saturated heterocycles. The van der Waals surface area contributed by atoms with Crippen LogP contribution in [0.5, 0.6) is 0 Å². The first-order valence-electron chi connectivity index (χ1n) is 3.58. The maximum Gasteiger partial charge on any atom is 0.337 e. The number of rotatable bonds is 3. The molecule has 0 aromatic heterocycles. The van der Waals surface area contributed by atoms with Crippen molar-refractivity contribution in [2.24, 2.45) is 0 Å². The standard InChI is InChI=1S/C9H9FO2/c10-6-9(11)12-7-8-4-2-1-3-5-8/h1-5H,6-7H2. The van der Waals surface area contributed by atoms with Crippen molar-refractivity contribution in [2.45, 2.75) is 6.61 Å². The minimum Gasteiger partial charge on any atom is -0.459 e. The number of ether oxygens (including phenoxy) is 1. The first kappa shape index (κ1) is 8.71. The van der Waals surface area contributed by atoms with E-state index < -0.39 is 12.6 Å². The molecule has 0 fully saturated rings. The fourth-order valence-corrected chi connectivity index (χ4v) is 0.777. The number of carbonyl (C=O) groups excluding carboxylic acids is 1. The average Bonchev–Trinajstić information content (AvgIpc) is 2.16. The highest BCUT2D eigenvalue weighted by Gasteiger charge is 2.00. The smallest absolute Gasteiger partial charge is 0.337 e. The van der Waals surface area contributed by atoms with E-state index in [-0.39, 0.29) is 6.61 Å². The van der Waals surface area contributed by atoms with Crippen molar-refractivity contribution in [1.82, 2.24) is 0 Å². The van der Waals surface area contributed by atoms with Gasteiger partial charge in [0.1, 0.15) is 6.61 Å². The maximum absolute atomic E-state index is 11.6. The second-order valence-corrected chi connectivity index (χ2v) is 2.28. The van der Waals surface area contributed by atoms with E-state index in [4.69, 9.17) is 0 Å². The molecule has 0 heterocycles. The number of benzene rings is 1. The topological polar surface area (TPSA) is 26.3 Å². The number of halogens is 1. The molecule has 1 aromatic rings. The normalized spacial score (nSPS) is 9.42. The SMILES string of the molecule is O=C(CF)OCc1ccccc1. The first-order chi connectivity index (χ1) is 5.83. The largest absolute Gasteiger partial charge is 0.459 e. The van der Waals surface area contributed by atoms with Crippen molar-refractivity contribution < 1.29 is 13.9 Å². The lowest BCUT2D eigenvalue weighted by molar-refractivity contribution is -0.145. The lowest BCUT2D eigenvalue weighted by Gasteiger charge is -2.00. The van der Waals surface area contributed by atoms with Crippen LogP contribution in [0.15, 0.2) is 30.3 Å². The Bertz CT molecular complexity index is 246. The van der Waals surface area contributed by atoms with E-state index >= 15 is 0 Å². The van der Waals surface area contributed by atoms with Gasteiger partial charge in [-0.05, 0) is 5.56 Å². The van der Waals surface area contributed by atoms with E-state index in [1.165, 1.54) is 0 Å². The highest BCUT2D eigenvalue weighted by molar-refractivity contribution is 5.70. The summed E-state index contributed by atoms with van der Waals surface area (Å²) >= 11 is 0. The Kier molecular flexibility index (Phi) is 3.26. The number of carbonyl (C=O) groups is 1. The molecule has 0 amide bonds. The summed E-state index contributed by atoms with van der Waals surface area (Å²) in [5.74, 6) is -0.821. The Balaban J connectivity index is 2.38. The maximum atomic E-state index is 11.6. The summed E-state index contributed by atoms with van der Waals surface area (Å²) in [7, 11) is 0. The summed E-state index contributed by atoms with van der Waals surface area (Å²) in [6, 6.07) is 9.15. The minimum atomic E-state index is -1.06. The zero-order valence-electron chi connectivity index (χ0n) is 6.50. The first-order valence-corrected chi connectivity index (χ1v) is 3.58. The van der Waals surface area contributed by atoms with Gasteiger partial charge in [-0.1, -0.05) is 30.3 Å². The minimum absolute atomic E-state index is 0.142. The Labute approximate surface area is 70.0 Å². The molecule has 0 spiro atoms. The van der Waals surface area contributed by atoms with E-state index in [2.05, 4.69) is 4.74 Å². The van der Waals surface area contributed by atoms with Crippen LogP contribution in [0.1, 0.15) is 5.56 Å². The number of alkyl halides is 1. The summed E-state index contributed by atoms with van der Waals surface area (Å²) in [4.78, 5) is 10.4. The van der Waals surface area contributed by atoms with Crippen LogP contribution in [0, 0.1) is 0 Å². The predicted molar refractivity (Wildman–Crippen MR) is 42.2 cm³/mol. The van der Waals surface area contributed by atoms with Gasteiger partial charge in [-0.15, -0.1) is 0 Å². The molecule has 0 saturated carbocycles. The third kappa shape index (κ3) is 2.70. The molecule has 0 N–H and O–H groups in total. The second-order valence-electron chi connectivity index (χ2n) is 2.28. The molecule has 64 valence electrons. The van der Waals surface area contributed by atoms with Crippen LogP contribution >= 0.6 is 0 Å². The fraction of sp³-hybridized carbons (Fsp3) is 0.222. The van der Waals surface area contributed by atoms with Gasteiger partial charge in [0.25, 0.3) is 0 Å². The van der Waals surface area contributed by atoms with Crippen molar-refractivity contribution in [1.29, 1.82) is 0 Å². The van der Waals surface area contributed by atoms with Gasteiger partial charge in [0, 0.05) is 0 Å². The Hall–Kier alpha value is -1.38. The highest BCUT2D eigenvalue weighted by atomic mass is 19.1. The summed E-state index contributed by atoms with van der Waals surface area (Å²) in [6.07, 6.45) is 0. The van der Waals surface area contributed by atoms with Crippen LogP contribution in [-0.4, -0.2) is 12.6 Å². The third-order valence-electron chi connectivity index (χ3n) is 1.35. The molecule has 0 aliphatic rings. The van der Waals surface area contributed by atoms with E-state index in [9.17, 15) is 9.18 Å².